The smallest absolute Gasteiger partial charge is 0.323 e. The molecule has 7 nitrogen and oxygen atoms in total. The molecule has 0 aliphatic heterocycles. The van der Waals surface area contributed by atoms with Gasteiger partial charge in [-0.2, -0.15) is 5.26 Å². The van der Waals surface area contributed by atoms with Gasteiger partial charge in [0.2, 0.25) is 0 Å². The molecule has 0 saturated heterocycles. The summed E-state index contributed by atoms with van der Waals surface area (Å²) in [6.45, 7) is -0.253. The third-order valence-electron chi connectivity index (χ3n) is 5.25. The average Bonchev–Trinajstić information content (AvgIpc) is 3.19. The van der Waals surface area contributed by atoms with Crippen molar-refractivity contribution in [3.8, 4) is 6.07 Å². The van der Waals surface area contributed by atoms with Gasteiger partial charge in [0.1, 0.15) is 18.2 Å². The maximum atomic E-state index is 13.0. The van der Waals surface area contributed by atoms with Crippen molar-refractivity contribution in [1.29, 1.82) is 5.26 Å². The number of hydrogen-bond acceptors (Lipinski definition) is 4. The number of para-hydroxylation sites is 2. The van der Waals surface area contributed by atoms with Crippen LogP contribution in [0.4, 0.5) is 5.69 Å². The van der Waals surface area contributed by atoms with E-state index in [1.165, 1.54) is 6.08 Å². The summed E-state index contributed by atoms with van der Waals surface area (Å²) in [4.78, 5) is 37.1. The first-order valence-electron chi connectivity index (χ1n) is 10.4. The van der Waals surface area contributed by atoms with Crippen LogP contribution in [0, 0.1) is 11.3 Å². The second-order valence-electron chi connectivity index (χ2n) is 7.49. The molecule has 1 heterocycles. The highest BCUT2D eigenvalue weighted by molar-refractivity contribution is 6.17. The number of ketones is 1. The van der Waals surface area contributed by atoms with Gasteiger partial charge in [-0.3, -0.25) is 14.4 Å². The van der Waals surface area contributed by atoms with Crippen LogP contribution >= 0.6 is 0 Å². The molecule has 3 aromatic carbocycles. The van der Waals surface area contributed by atoms with Crippen LogP contribution in [0.1, 0.15) is 21.5 Å². The molecule has 166 valence electrons. The number of carboxylic acid groups (broad SMARTS) is 1. The maximum absolute atomic E-state index is 13.0. The lowest BCUT2D eigenvalue weighted by Crippen LogP contribution is -2.16. The highest BCUT2D eigenvalue weighted by Crippen LogP contribution is 2.25. The molecule has 0 aliphatic rings. The Bertz CT molecular complexity index is 1480. The van der Waals surface area contributed by atoms with Crippen molar-refractivity contribution < 1.29 is 19.5 Å². The van der Waals surface area contributed by atoms with Gasteiger partial charge in [0.15, 0.2) is 5.78 Å². The number of carbonyl (C=O) groups excluding carboxylic acids is 2. The molecular formula is C27H19N3O4. The fourth-order valence-electron chi connectivity index (χ4n) is 3.70. The molecule has 0 atom stereocenters. The first-order valence-corrected chi connectivity index (χ1v) is 10.4. The van der Waals surface area contributed by atoms with Crippen molar-refractivity contribution in [1.82, 2.24) is 4.57 Å². The lowest BCUT2D eigenvalue weighted by Gasteiger charge is -2.10. The summed E-state index contributed by atoms with van der Waals surface area (Å²) in [7, 11) is 0. The largest absolute Gasteiger partial charge is 0.480 e. The molecule has 1 aromatic heterocycles. The van der Waals surface area contributed by atoms with Crippen LogP contribution in [0.2, 0.25) is 0 Å². The zero-order valence-corrected chi connectivity index (χ0v) is 17.9. The summed E-state index contributed by atoms with van der Waals surface area (Å²) >= 11 is 0. The molecule has 0 aliphatic carbocycles. The van der Waals surface area contributed by atoms with E-state index in [2.05, 4.69) is 5.32 Å². The summed E-state index contributed by atoms with van der Waals surface area (Å²) in [5.41, 5.74) is 2.10. The molecule has 0 saturated carbocycles. The Labute approximate surface area is 195 Å². The Morgan fingerprint density at radius 1 is 0.941 bits per heavy atom. The Balaban J connectivity index is 1.67. The number of aromatic nitrogens is 1. The first kappa shape index (κ1) is 22.2. The van der Waals surface area contributed by atoms with Crippen molar-refractivity contribution in [3.63, 3.8) is 0 Å². The number of fused-ring (bicyclic) bond motifs is 1. The summed E-state index contributed by atoms with van der Waals surface area (Å²) in [6.07, 6.45) is 3.01. The van der Waals surface area contributed by atoms with E-state index < -0.39 is 11.9 Å². The minimum Gasteiger partial charge on any atom is -0.480 e. The average molecular weight is 449 g/mol. The summed E-state index contributed by atoms with van der Waals surface area (Å²) in [5.74, 6) is -1.93. The SMILES string of the molecule is N#CC(=Cc1cn(CC(=O)O)c2ccccc12)C(=O)Nc1ccccc1C(=O)c1ccccc1. The zero-order valence-electron chi connectivity index (χ0n) is 17.9. The summed E-state index contributed by atoms with van der Waals surface area (Å²) in [5, 5.41) is 22.2. The van der Waals surface area contributed by atoms with Crippen LogP contribution in [0.15, 0.2) is 90.6 Å². The third-order valence-corrected chi connectivity index (χ3v) is 5.25. The van der Waals surface area contributed by atoms with E-state index in [9.17, 15) is 24.8 Å². The van der Waals surface area contributed by atoms with Crippen molar-refractivity contribution in [3.05, 3.63) is 107 Å². The summed E-state index contributed by atoms with van der Waals surface area (Å²) in [6, 6.07) is 24.3. The predicted molar refractivity (Wildman–Crippen MR) is 128 cm³/mol. The van der Waals surface area contributed by atoms with Crippen molar-refractivity contribution in [2.45, 2.75) is 6.54 Å². The van der Waals surface area contributed by atoms with E-state index in [1.807, 2.05) is 12.1 Å². The Morgan fingerprint density at radius 2 is 1.62 bits per heavy atom. The molecule has 4 aromatic rings. The Morgan fingerprint density at radius 3 is 2.35 bits per heavy atom. The van der Waals surface area contributed by atoms with Crippen LogP contribution in [0.25, 0.3) is 17.0 Å². The molecular weight excluding hydrogens is 430 g/mol. The van der Waals surface area contributed by atoms with Gasteiger partial charge in [0.05, 0.1) is 5.69 Å². The van der Waals surface area contributed by atoms with Gasteiger partial charge in [-0.05, 0) is 24.3 Å². The molecule has 34 heavy (non-hydrogen) atoms. The van der Waals surface area contributed by atoms with Gasteiger partial charge in [-0.1, -0.05) is 60.7 Å². The van der Waals surface area contributed by atoms with E-state index in [-0.39, 0.29) is 23.6 Å². The van der Waals surface area contributed by atoms with E-state index in [1.54, 1.807) is 83.6 Å². The lowest BCUT2D eigenvalue weighted by molar-refractivity contribution is -0.137. The normalized spacial score (nSPS) is 11.1. The molecule has 0 bridgehead atoms. The number of aliphatic carboxylic acids is 1. The highest BCUT2D eigenvalue weighted by atomic mass is 16.4. The second-order valence-corrected chi connectivity index (χ2v) is 7.49. The van der Waals surface area contributed by atoms with Crippen LogP contribution < -0.4 is 5.32 Å². The van der Waals surface area contributed by atoms with E-state index in [0.29, 0.717) is 27.6 Å². The molecule has 2 N–H and O–H groups in total. The van der Waals surface area contributed by atoms with Crippen LogP contribution in [-0.2, 0) is 16.1 Å². The van der Waals surface area contributed by atoms with Gasteiger partial charge in [-0.25, -0.2) is 0 Å². The van der Waals surface area contributed by atoms with Gasteiger partial charge in [-0.15, -0.1) is 0 Å². The third kappa shape index (κ3) is 4.61. The van der Waals surface area contributed by atoms with Crippen molar-refractivity contribution in [2.24, 2.45) is 0 Å². The number of amides is 1. The van der Waals surface area contributed by atoms with Gasteiger partial charge >= 0.3 is 5.97 Å². The minimum atomic E-state index is -1.01. The quantitative estimate of drug-likeness (QED) is 0.245. The number of carboxylic acids is 1. The number of nitrogens with zero attached hydrogens (tertiary/aromatic N) is 2. The van der Waals surface area contributed by atoms with E-state index >= 15 is 0 Å². The topological polar surface area (TPSA) is 112 Å². The number of nitrogens with one attached hydrogen (secondary N) is 1. The van der Waals surface area contributed by atoms with E-state index in [4.69, 9.17) is 0 Å². The first-order chi connectivity index (χ1) is 16.5. The van der Waals surface area contributed by atoms with Gasteiger partial charge in [0, 0.05) is 33.8 Å². The molecule has 0 radical (unpaired) electrons. The number of rotatable bonds is 7. The predicted octanol–water partition coefficient (Wildman–Crippen LogP) is 4.50. The number of carbonyl (C=O) groups is 3. The van der Waals surface area contributed by atoms with Gasteiger partial charge < -0.3 is 15.0 Å². The van der Waals surface area contributed by atoms with Crippen LogP contribution in [0.5, 0.6) is 0 Å². The molecule has 0 fully saturated rings. The molecule has 0 unspecified atom stereocenters. The number of benzene rings is 3. The maximum Gasteiger partial charge on any atom is 0.323 e. The Kier molecular flexibility index (Phi) is 6.33. The second kappa shape index (κ2) is 9.67. The molecule has 1 amide bonds. The van der Waals surface area contributed by atoms with Gasteiger partial charge in [0.25, 0.3) is 5.91 Å². The van der Waals surface area contributed by atoms with Crippen LogP contribution in [0.3, 0.4) is 0 Å². The fraction of sp³-hybridized carbons (Fsp3) is 0.0370. The van der Waals surface area contributed by atoms with Crippen molar-refractivity contribution in [2.75, 3.05) is 5.32 Å². The fourth-order valence-corrected chi connectivity index (χ4v) is 3.70. The highest BCUT2D eigenvalue weighted by Gasteiger charge is 2.18. The standard InChI is InChI=1S/C27H19N3O4/c28-15-19(14-20-16-30(17-25(31)32)24-13-7-5-10-21(20)24)27(34)29-23-12-6-4-11-22(23)26(33)18-8-2-1-3-9-18/h1-14,16H,17H2,(H,29,34)(H,31,32). The van der Waals surface area contributed by atoms with Crippen molar-refractivity contribution >= 4 is 40.3 Å². The lowest BCUT2D eigenvalue weighted by atomic mass is 10.0. The van der Waals surface area contributed by atoms with E-state index in [0.717, 1.165) is 0 Å². The molecule has 4 rings (SSSR count). The summed E-state index contributed by atoms with van der Waals surface area (Å²) < 4.78 is 1.55. The molecule has 7 heteroatoms. The van der Waals surface area contributed by atoms with Crippen LogP contribution in [-0.4, -0.2) is 27.3 Å². The number of hydrogen-bond donors (Lipinski definition) is 2. The zero-order chi connectivity index (χ0) is 24.1. The number of nitriles is 1. The number of anilines is 1. The monoisotopic (exact) mass is 449 g/mol. The Hall–Kier alpha value is -4.96. The minimum absolute atomic E-state index is 0.180. The molecule has 0 spiro atoms.